The third-order valence-electron chi connectivity index (χ3n) is 19.8. The van der Waals surface area contributed by atoms with Gasteiger partial charge in [0.1, 0.15) is 37.1 Å². The molecule has 84 heavy (non-hydrogen) atoms. The Morgan fingerprint density at radius 1 is 0.488 bits per heavy atom. The average Bonchev–Trinajstić information content (AvgIpc) is 1.59. The van der Waals surface area contributed by atoms with E-state index in [9.17, 15) is 39.6 Å². The van der Waals surface area contributed by atoms with E-state index < -0.39 is 131 Å². The van der Waals surface area contributed by atoms with Gasteiger partial charge in [-0.2, -0.15) is 0 Å². The van der Waals surface area contributed by atoms with Crippen LogP contribution in [0.2, 0.25) is 49.9 Å². The molecule has 3 rings (SSSR count). The molecule has 10 atom stereocenters. The molecule has 14 nitrogen and oxygen atoms in total. The van der Waals surface area contributed by atoms with Crippen LogP contribution in [-0.2, 0) is 46.7 Å². The zero-order chi connectivity index (χ0) is 65.0. The number of esters is 1. The number of carbonyl (C=O) groups excluding carboxylic acids is 1. The lowest BCUT2D eigenvalue weighted by Crippen LogP contribution is -2.69. The fourth-order valence-corrected chi connectivity index (χ4v) is 32.0. The number of carboxylic acids is 3. The summed E-state index contributed by atoms with van der Waals surface area (Å²) >= 11 is 0. The molecule has 0 amide bonds. The Kier molecular flexibility index (Phi) is 26.1. The topological polar surface area (TPSA) is 205 Å². The minimum absolute atomic E-state index is 0.0379. The largest absolute Gasteiger partial charge is 0.481 e. The second-order valence-corrected chi connectivity index (χ2v) is 47.2. The van der Waals surface area contributed by atoms with Crippen LogP contribution in [-0.4, -0.2) is 119 Å². The molecule has 1 aromatic carbocycles. The Morgan fingerprint density at radius 3 is 1.18 bits per heavy atom. The molecule has 0 radical (unpaired) electrons. The van der Waals surface area contributed by atoms with Gasteiger partial charge in [0, 0.05) is 5.56 Å². The van der Waals surface area contributed by atoms with Crippen LogP contribution in [0.4, 0.5) is 0 Å². The fourth-order valence-electron chi connectivity index (χ4n) is 15.4. The van der Waals surface area contributed by atoms with Gasteiger partial charge in [0.15, 0.2) is 0 Å². The van der Waals surface area contributed by atoms with Crippen LogP contribution in [0.5, 0.6) is 0 Å². The monoisotopic (exact) mass is 1230 g/mol. The molecule has 0 aliphatic carbocycles. The van der Waals surface area contributed by atoms with Crippen LogP contribution >= 0.6 is 0 Å². The first kappa shape index (κ1) is 75.3. The van der Waals surface area contributed by atoms with Gasteiger partial charge < -0.3 is 47.9 Å². The quantitative estimate of drug-likeness (QED) is 0.0350. The molecule has 17 heteroatoms. The number of aliphatic hydroxyl groups is 1. The first-order valence-corrected chi connectivity index (χ1v) is 38.1. The first-order valence-electron chi connectivity index (χ1n) is 31.7. The molecular formula is C67H118O14Si3. The lowest BCUT2D eigenvalue weighted by molar-refractivity contribution is -0.203. The molecule has 0 spiro atoms. The molecule has 2 aliphatic heterocycles. The Morgan fingerprint density at radius 2 is 0.833 bits per heavy atom. The van der Waals surface area contributed by atoms with Gasteiger partial charge in [-0.15, -0.1) is 0 Å². The summed E-state index contributed by atoms with van der Waals surface area (Å²) < 4.78 is 44.3. The summed E-state index contributed by atoms with van der Waals surface area (Å²) in [7, 11) is -8.15. The molecule has 1 aromatic rings. The van der Waals surface area contributed by atoms with E-state index in [1.54, 1.807) is 62.3 Å². The maximum Gasteiger partial charge on any atom is 0.311 e. The van der Waals surface area contributed by atoms with E-state index in [-0.39, 0.29) is 82.3 Å². The smallest absolute Gasteiger partial charge is 0.311 e. The highest BCUT2D eigenvalue weighted by Gasteiger charge is 2.60. The summed E-state index contributed by atoms with van der Waals surface area (Å²) in [5, 5.41) is 43.5. The Hall–Kier alpha value is -2.93. The molecule has 2 saturated heterocycles. The number of rotatable bonds is 28. The number of hydrogen-bond acceptors (Lipinski definition) is 11. The highest BCUT2D eigenvalue weighted by Crippen LogP contribution is 2.55. The van der Waals surface area contributed by atoms with Crippen molar-refractivity contribution >= 4 is 48.8 Å². The maximum atomic E-state index is 13.5. The van der Waals surface area contributed by atoms with Crippen molar-refractivity contribution in [2.24, 2.45) is 39.4 Å². The normalized spacial score (nSPS) is 24.5. The summed E-state index contributed by atoms with van der Waals surface area (Å²) in [4.78, 5) is 52.5. The van der Waals surface area contributed by atoms with E-state index in [0.29, 0.717) is 11.1 Å². The number of ether oxygens (including phenoxy) is 3. The molecule has 482 valence electrons. The van der Waals surface area contributed by atoms with Crippen LogP contribution in [0.25, 0.3) is 0 Å². The Labute approximate surface area is 512 Å². The van der Waals surface area contributed by atoms with E-state index in [1.165, 1.54) is 0 Å². The van der Waals surface area contributed by atoms with Gasteiger partial charge in [-0.25, -0.2) is 0 Å². The molecule has 0 saturated carbocycles. The fraction of sp³-hybridized carbons (Fsp3) is 0.821. The van der Waals surface area contributed by atoms with Crippen LogP contribution < -0.4 is 0 Å². The standard InChI is InChI=1S/C67H118O14Si3/c1-39(2)82(40(3)4,41(5)6)79-57-53(77-54(37-68)58(80-83(42(7)8,43(9)10)44(11)12)59(57)81-84(45(13)14,46(15)16)47(17)18)33-30-48-28-31-49(32-29-48)56-52(36-67(26,27)62(73)74)50(34-65(22,23)60(69)70)51(35-66(24,25)61(71)72)55(78-56)38-76-63(75)64(19,20)21/h28-29,31-32,39-47,50-59,68H,34-38H2,1-27H3,(H,69,70)(H,71,72)(H,73,74)/t50-,51+,52+,53+,54+,55-,56-,57+,58+,59+/m0/s1. The highest BCUT2D eigenvalue weighted by atomic mass is 28.4. The van der Waals surface area contributed by atoms with Gasteiger partial charge in [0.25, 0.3) is 0 Å². The lowest BCUT2D eigenvalue weighted by atomic mass is 9.60. The molecular weight excluding hydrogens is 1110 g/mol. The van der Waals surface area contributed by atoms with Crippen LogP contribution in [0, 0.1) is 51.3 Å². The molecule has 2 aliphatic rings. The van der Waals surface area contributed by atoms with E-state index in [4.69, 9.17) is 27.5 Å². The molecule has 2 fully saturated rings. The summed E-state index contributed by atoms with van der Waals surface area (Å²) in [6.45, 7) is 55.4. The summed E-state index contributed by atoms with van der Waals surface area (Å²) in [6.07, 6.45) is -5.22. The van der Waals surface area contributed by atoms with Crippen molar-refractivity contribution in [1.82, 2.24) is 0 Å². The number of carbonyl (C=O) groups is 4. The van der Waals surface area contributed by atoms with Crippen molar-refractivity contribution < 1.29 is 67.1 Å². The summed E-state index contributed by atoms with van der Waals surface area (Å²) in [5.74, 6) is 1.51. The van der Waals surface area contributed by atoms with Crippen molar-refractivity contribution in [3.8, 4) is 11.8 Å². The van der Waals surface area contributed by atoms with Crippen LogP contribution in [0.3, 0.4) is 0 Å². The second kappa shape index (κ2) is 29.1. The van der Waals surface area contributed by atoms with E-state index in [0.717, 1.165) is 0 Å². The van der Waals surface area contributed by atoms with E-state index in [1.807, 2.05) is 24.3 Å². The van der Waals surface area contributed by atoms with Crippen molar-refractivity contribution in [2.75, 3.05) is 13.2 Å². The SMILES string of the molecule is CC(C)[Si](O[C@@H]1[C@H](O[Si](C(C)C)(C(C)C)C(C)C)[C@@H](C#Cc2ccc([C@@H]3O[C@@H](COC(=O)C(C)(C)C)[C@H](CC(C)(C)C(=O)O)[C@H](CC(C)(C)C(=O)O)[C@H]3CC(C)(C)C(=O)O)cc2)O[C@H](CO)[C@H]1O[Si](C(C)C)(C(C)C)C(C)C)(C(C)C)C(C)C. The highest BCUT2D eigenvalue weighted by molar-refractivity contribution is 6.79. The Bertz CT molecular complexity index is 2320. The second-order valence-electron chi connectivity index (χ2n) is 31.0. The molecule has 0 aromatic heterocycles. The molecule has 2 heterocycles. The first-order chi connectivity index (χ1) is 38.3. The zero-order valence-corrected chi connectivity index (χ0v) is 60.2. The van der Waals surface area contributed by atoms with Crippen molar-refractivity contribution in [2.45, 2.75) is 299 Å². The molecule has 4 N–H and O–H groups in total. The predicted octanol–water partition coefficient (Wildman–Crippen LogP) is 15.9. The summed E-state index contributed by atoms with van der Waals surface area (Å²) in [5.41, 5.74) is -1.53. The van der Waals surface area contributed by atoms with Crippen molar-refractivity contribution in [1.29, 1.82) is 0 Å². The van der Waals surface area contributed by atoms with Gasteiger partial charge >= 0.3 is 23.9 Å². The van der Waals surface area contributed by atoms with Gasteiger partial charge in [0.05, 0.1) is 40.5 Å². The molecule has 0 bridgehead atoms. The maximum absolute atomic E-state index is 13.5. The minimum Gasteiger partial charge on any atom is -0.481 e. The third-order valence-corrected chi connectivity index (χ3v) is 38.1. The van der Waals surface area contributed by atoms with E-state index >= 15 is 0 Å². The van der Waals surface area contributed by atoms with Crippen LogP contribution in [0.15, 0.2) is 24.3 Å². The van der Waals surface area contributed by atoms with Gasteiger partial charge in [-0.3, -0.25) is 19.2 Å². The third kappa shape index (κ3) is 16.5. The van der Waals surface area contributed by atoms with Gasteiger partial charge in [-0.05, 0) is 167 Å². The number of aliphatic hydroxyl groups excluding tert-OH is 1. The predicted molar refractivity (Wildman–Crippen MR) is 343 cm³/mol. The number of benzene rings is 1. The summed E-state index contributed by atoms with van der Waals surface area (Å²) in [6, 6.07) is 7.56. The van der Waals surface area contributed by atoms with Crippen LogP contribution in [0.1, 0.15) is 223 Å². The Balaban J connectivity index is 2.52. The van der Waals surface area contributed by atoms with Gasteiger partial charge in [-0.1, -0.05) is 149 Å². The average molecular weight is 1230 g/mol. The lowest BCUT2D eigenvalue weighted by Gasteiger charge is -2.56. The van der Waals surface area contributed by atoms with E-state index in [2.05, 4.69) is 136 Å². The van der Waals surface area contributed by atoms with Gasteiger partial charge in [0.2, 0.25) is 25.0 Å². The zero-order valence-electron chi connectivity index (χ0n) is 57.2. The number of carboxylic acid groups (broad SMARTS) is 3. The molecule has 0 unspecified atom stereocenters. The minimum atomic E-state index is -2.75. The van der Waals surface area contributed by atoms with Crippen molar-refractivity contribution in [3.63, 3.8) is 0 Å². The number of hydrogen-bond donors (Lipinski definition) is 4. The van der Waals surface area contributed by atoms with Crippen molar-refractivity contribution in [3.05, 3.63) is 35.4 Å². The number of aliphatic carboxylic acids is 3.